The minimum atomic E-state index is -4.28. The summed E-state index contributed by atoms with van der Waals surface area (Å²) in [7, 11) is -4.28. The Morgan fingerprint density at radius 1 is 1.16 bits per heavy atom. The molecule has 0 saturated heterocycles. The van der Waals surface area contributed by atoms with Gasteiger partial charge in [0.2, 0.25) is 0 Å². The monoisotopic (exact) mass is 298 g/mol. The first-order chi connectivity index (χ1) is 8.95. The van der Waals surface area contributed by atoms with Crippen molar-refractivity contribution in [2.75, 3.05) is 10.6 Å². The van der Waals surface area contributed by atoms with Crippen LogP contribution in [0.4, 0.5) is 15.5 Å². The maximum absolute atomic E-state index is 11.6. The normalized spacial score (nSPS) is 11.0. The highest BCUT2D eigenvalue weighted by molar-refractivity contribution is 7.85. The van der Waals surface area contributed by atoms with Gasteiger partial charge in [-0.3, -0.25) is 9.87 Å². The van der Waals surface area contributed by atoms with Crippen molar-refractivity contribution in [3.63, 3.8) is 0 Å². The Labute approximate surface area is 113 Å². The maximum atomic E-state index is 11.6. The van der Waals surface area contributed by atoms with Crippen LogP contribution in [0.2, 0.25) is 0 Å². The van der Waals surface area contributed by atoms with Crippen LogP contribution in [-0.2, 0) is 10.1 Å². The third-order valence-corrected chi connectivity index (χ3v) is 3.78. The zero-order chi connectivity index (χ0) is 13.9. The molecule has 0 fully saturated rings. The van der Waals surface area contributed by atoms with Crippen LogP contribution in [0.25, 0.3) is 0 Å². The molecular formula is C11H10N2O4S2. The average molecular weight is 298 g/mol. The summed E-state index contributed by atoms with van der Waals surface area (Å²) >= 11 is 1.36. The summed E-state index contributed by atoms with van der Waals surface area (Å²) in [5.41, 5.74) is 0.268. The van der Waals surface area contributed by atoms with Gasteiger partial charge in [-0.1, -0.05) is 6.07 Å². The first-order valence-corrected chi connectivity index (χ1v) is 7.46. The lowest BCUT2D eigenvalue weighted by Crippen LogP contribution is -2.18. The van der Waals surface area contributed by atoms with Crippen molar-refractivity contribution in [2.24, 2.45) is 0 Å². The van der Waals surface area contributed by atoms with Crippen molar-refractivity contribution in [2.45, 2.75) is 4.90 Å². The van der Waals surface area contributed by atoms with Crippen molar-refractivity contribution in [1.82, 2.24) is 0 Å². The number of hydrogen-bond acceptors (Lipinski definition) is 4. The molecule has 0 bridgehead atoms. The van der Waals surface area contributed by atoms with Crippen LogP contribution in [-0.4, -0.2) is 19.0 Å². The molecule has 2 amide bonds. The molecule has 8 heteroatoms. The highest BCUT2D eigenvalue weighted by Gasteiger charge is 2.10. The molecular weight excluding hydrogens is 288 g/mol. The Morgan fingerprint density at radius 2 is 1.95 bits per heavy atom. The molecule has 0 aliphatic heterocycles. The number of benzene rings is 1. The number of rotatable bonds is 3. The molecule has 0 aliphatic rings. The van der Waals surface area contributed by atoms with Gasteiger partial charge in [0.1, 0.15) is 0 Å². The number of thiophene rings is 1. The van der Waals surface area contributed by atoms with Crippen LogP contribution in [0, 0.1) is 0 Å². The van der Waals surface area contributed by atoms with E-state index < -0.39 is 16.1 Å². The van der Waals surface area contributed by atoms with Crippen LogP contribution < -0.4 is 10.6 Å². The molecule has 100 valence electrons. The molecule has 0 saturated carbocycles. The molecule has 19 heavy (non-hydrogen) atoms. The SMILES string of the molecule is O=C(Nc1cccc(S(=O)(=O)O)c1)Nc1cccs1. The van der Waals surface area contributed by atoms with Gasteiger partial charge in [-0.2, -0.15) is 8.42 Å². The first kappa shape index (κ1) is 13.5. The van der Waals surface area contributed by atoms with Gasteiger partial charge in [0.25, 0.3) is 10.1 Å². The lowest BCUT2D eigenvalue weighted by molar-refractivity contribution is 0.262. The van der Waals surface area contributed by atoms with Crippen LogP contribution in [0.5, 0.6) is 0 Å². The van der Waals surface area contributed by atoms with E-state index in [0.717, 1.165) is 0 Å². The highest BCUT2D eigenvalue weighted by Crippen LogP contribution is 2.17. The van der Waals surface area contributed by atoms with Gasteiger partial charge in [0.05, 0.1) is 9.90 Å². The molecule has 0 unspecified atom stereocenters. The van der Waals surface area contributed by atoms with Gasteiger partial charge in [0, 0.05) is 5.69 Å². The number of amides is 2. The largest absolute Gasteiger partial charge is 0.324 e. The lowest BCUT2D eigenvalue weighted by atomic mass is 10.3. The van der Waals surface area contributed by atoms with Gasteiger partial charge >= 0.3 is 6.03 Å². The van der Waals surface area contributed by atoms with E-state index in [1.807, 2.05) is 5.38 Å². The maximum Gasteiger partial charge on any atom is 0.324 e. The third-order valence-electron chi connectivity index (χ3n) is 2.15. The van der Waals surface area contributed by atoms with Crippen LogP contribution in [0.15, 0.2) is 46.7 Å². The van der Waals surface area contributed by atoms with Crippen molar-refractivity contribution in [3.05, 3.63) is 41.8 Å². The van der Waals surface area contributed by atoms with Gasteiger partial charge in [-0.15, -0.1) is 11.3 Å². The molecule has 1 aromatic carbocycles. The smallest absolute Gasteiger partial charge is 0.308 e. The predicted octanol–water partition coefficient (Wildman–Crippen LogP) is 2.64. The second kappa shape index (κ2) is 5.39. The lowest BCUT2D eigenvalue weighted by Gasteiger charge is -2.06. The summed E-state index contributed by atoms with van der Waals surface area (Å²) in [5, 5.41) is 7.54. The quantitative estimate of drug-likeness (QED) is 0.759. The topological polar surface area (TPSA) is 95.5 Å². The number of nitrogens with one attached hydrogen (secondary N) is 2. The van der Waals surface area contributed by atoms with Crippen LogP contribution >= 0.6 is 11.3 Å². The Balaban J connectivity index is 2.09. The molecule has 6 nitrogen and oxygen atoms in total. The molecule has 2 aromatic rings. The fourth-order valence-electron chi connectivity index (χ4n) is 1.36. The zero-order valence-electron chi connectivity index (χ0n) is 9.53. The predicted molar refractivity (Wildman–Crippen MR) is 73.2 cm³/mol. The Bertz CT molecular complexity index is 680. The van der Waals surface area contributed by atoms with E-state index in [9.17, 15) is 13.2 Å². The average Bonchev–Trinajstić information content (AvgIpc) is 2.80. The van der Waals surface area contributed by atoms with Crippen molar-refractivity contribution < 1.29 is 17.8 Å². The number of carbonyl (C=O) groups excluding carboxylic acids is 1. The van der Waals surface area contributed by atoms with Gasteiger partial charge in [-0.25, -0.2) is 4.79 Å². The molecule has 3 N–H and O–H groups in total. The fourth-order valence-corrected chi connectivity index (χ4v) is 2.50. The number of hydrogen-bond donors (Lipinski definition) is 3. The van der Waals surface area contributed by atoms with Gasteiger partial charge < -0.3 is 5.32 Å². The van der Waals surface area contributed by atoms with E-state index in [2.05, 4.69) is 10.6 Å². The summed E-state index contributed by atoms with van der Waals surface area (Å²) in [6.07, 6.45) is 0. The molecule has 1 heterocycles. The molecule has 0 radical (unpaired) electrons. The summed E-state index contributed by atoms with van der Waals surface area (Å²) in [5.74, 6) is 0. The molecule has 0 aliphatic carbocycles. The van der Waals surface area contributed by atoms with Crippen molar-refractivity contribution in [1.29, 1.82) is 0 Å². The summed E-state index contributed by atoms with van der Waals surface area (Å²) in [6, 6.07) is 8.38. The minimum absolute atomic E-state index is 0.268. The van der Waals surface area contributed by atoms with E-state index >= 15 is 0 Å². The standard InChI is InChI=1S/C11H10N2O4S2/c14-11(13-10-5-2-6-18-10)12-8-3-1-4-9(7-8)19(15,16)17/h1-7H,(H2,12,13,14)(H,15,16,17). The van der Waals surface area contributed by atoms with Gasteiger partial charge in [0.15, 0.2) is 0 Å². The highest BCUT2D eigenvalue weighted by atomic mass is 32.2. The molecule has 1 aromatic heterocycles. The van der Waals surface area contributed by atoms with E-state index in [4.69, 9.17) is 4.55 Å². The Kier molecular flexibility index (Phi) is 3.84. The summed E-state index contributed by atoms with van der Waals surface area (Å²) in [6.45, 7) is 0. The number of anilines is 2. The zero-order valence-corrected chi connectivity index (χ0v) is 11.2. The molecule has 2 rings (SSSR count). The summed E-state index contributed by atoms with van der Waals surface area (Å²) in [4.78, 5) is 11.3. The van der Waals surface area contributed by atoms with Crippen LogP contribution in [0.3, 0.4) is 0 Å². The second-order valence-corrected chi connectivity index (χ2v) is 5.93. The van der Waals surface area contributed by atoms with Crippen molar-refractivity contribution in [3.8, 4) is 0 Å². The van der Waals surface area contributed by atoms with Crippen molar-refractivity contribution >= 4 is 38.2 Å². The van der Waals surface area contributed by atoms with Gasteiger partial charge in [-0.05, 0) is 35.7 Å². The van der Waals surface area contributed by atoms with Crippen LogP contribution in [0.1, 0.15) is 0 Å². The number of urea groups is 1. The molecule has 0 atom stereocenters. The minimum Gasteiger partial charge on any atom is -0.308 e. The number of carbonyl (C=O) groups is 1. The third kappa shape index (κ3) is 3.78. The Morgan fingerprint density at radius 3 is 2.58 bits per heavy atom. The van der Waals surface area contributed by atoms with E-state index in [1.165, 1.54) is 35.6 Å². The van der Waals surface area contributed by atoms with E-state index in [-0.39, 0.29) is 10.6 Å². The summed E-state index contributed by atoms with van der Waals surface area (Å²) < 4.78 is 30.8. The first-order valence-electron chi connectivity index (χ1n) is 5.14. The van der Waals surface area contributed by atoms with E-state index in [0.29, 0.717) is 5.00 Å². The van der Waals surface area contributed by atoms with E-state index in [1.54, 1.807) is 12.1 Å². The second-order valence-electron chi connectivity index (χ2n) is 3.56. The molecule has 0 spiro atoms. The fraction of sp³-hybridized carbons (Fsp3) is 0. The Hall–Kier alpha value is -1.90.